The molecule has 2 N–H and O–H groups in total. The van der Waals surface area contributed by atoms with Gasteiger partial charge in [0, 0.05) is 31.9 Å². The maximum absolute atomic E-state index is 12.6. The van der Waals surface area contributed by atoms with Crippen molar-refractivity contribution in [1.82, 2.24) is 10.2 Å². The second-order valence-corrected chi connectivity index (χ2v) is 6.22. The molecule has 1 aromatic carbocycles. The molecule has 0 radical (unpaired) electrons. The molecule has 6 heteroatoms. The van der Waals surface area contributed by atoms with Crippen LogP contribution in [-0.4, -0.2) is 60.1 Å². The van der Waals surface area contributed by atoms with Gasteiger partial charge in [-0.05, 0) is 25.5 Å². The van der Waals surface area contributed by atoms with Crippen molar-refractivity contribution >= 4 is 17.6 Å². The SMILES string of the molecule is CCCC(NC(C)C(=O)N1CCN(c2ccccc2)CC1)C(=O)O. The van der Waals surface area contributed by atoms with Crippen LogP contribution >= 0.6 is 0 Å². The van der Waals surface area contributed by atoms with E-state index in [1.807, 2.05) is 30.0 Å². The first kappa shape index (κ1) is 18.3. The number of nitrogens with zero attached hydrogens (tertiary/aromatic N) is 2. The number of carboxylic acid groups (broad SMARTS) is 1. The van der Waals surface area contributed by atoms with Gasteiger partial charge in [0.1, 0.15) is 6.04 Å². The number of amides is 1. The molecule has 0 saturated carbocycles. The number of rotatable bonds is 7. The van der Waals surface area contributed by atoms with E-state index in [1.165, 1.54) is 5.69 Å². The quantitative estimate of drug-likeness (QED) is 0.792. The Morgan fingerprint density at radius 1 is 1.17 bits per heavy atom. The minimum absolute atomic E-state index is 0.0231. The van der Waals surface area contributed by atoms with Crippen LogP contribution in [0.3, 0.4) is 0 Å². The minimum Gasteiger partial charge on any atom is -0.480 e. The van der Waals surface area contributed by atoms with Crippen molar-refractivity contribution in [3.05, 3.63) is 30.3 Å². The number of aliphatic carboxylic acids is 1. The van der Waals surface area contributed by atoms with Crippen molar-refractivity contribution in [2.75, 3.05) is 31.1 Å². The smallest absolute Gasteiger partial charge is 0.320 e. The Morgan fingerprint density at radius 3 is 2.33 bits per heavy atom. The van der Waals surface area contributed by atoms with Gasteiger partial charge in [0.2, 0.25) is 5.91 Å². The summed E-state index contributed by atoms with van der Waals surface area (Å²) in [5.74, 6) is -0.921. The van der Waals surface area contributed by atoms with Crippen LogP contribution in [0.4, 0.5) is 5.69 Å². The minimum atomic E-state index is -0.898. The molecule has 1 amide bonds. The van der Waals surface area contributed by atoms with Gasteiger partial charge in [-0.25, -0.2) is 0 Å². The molecule has 132 valence electrons. The fourth-order valence-electron chi connectivity index (χ4n) is 3.04. The number of benzene rings is 1. The molecule has 6 nitrogen and oxygen atoms in total. The van der Waals surface area contributed by atoms with Gasteiger partial charge in [0.25, 0.3) is 0 Å². The van der Waals surface area contributed by atoms with Crippen molar-refractivity contribution < 1.29 is 14.7 Å². The Hall–Kier alpha value is -2.08. The van der Waals surface area contributed by atoms with Crippen LogP contribution in [0.1, 0.15) is 26.7 Å². The second-order valence-electron chi connectivity index (χ2n) is 6.22. The number of hydrogen-bond acceptors (Lipinski definition) is 4. The molecule has 1 saturated heterocycles. The molecule has 2 unspecified atom stereocenters. The Balaban J connectivity index is 1.86. The lowest BCUT2D eigenvalue weighted by molar-refractivity contribution is -0.140. The molecular weight excluding hydrogens is 306 g/mol. The van der Waals surface area contributed by atoms with Crippen molar-refractivity contribution in [1.29, 1.82) is 0 Å². The van der Waals surface area contributed by atoms with Gasteiger partial charge in [0.05, 0.1) is 6.04 Å². The lowest BCUT2D eigenvalue weighted by atomic mass is 10.1. The van der Waals surface area contributed by atoms with Crippen LogP contribution in [-0.2, 0) is 9.59 Å². The first-order valence-electron chi connectivity index (χ1n) is 8.60. The van der Waals surface area contributed by atoms with E-state index in [1.54, 1.807) is 6.92 Å². The summed E-state index contributed by atoms with van der Waals surface area (Å²) in [4.78, 5) is 27.9. The summed E-state index contributed by atoms with van der Waals surface area (Å²) in [7, 11) is 0. The van der Waals surface area contributed by atoms with Crippen molar-refractivity contribution in [2.24, 2.45) is 0 Å². The van der Waals surface area contributed by atoms with E-state index in [4.69, 9.17) is 0 Å². The molecule has 0 bridgehead atoms. The number of carbonyl (C=O) groups excluding carboxylic acids is 1. The van der Waals surface area contributed by atoms with E-state index in [0.29, 0.717) is 19.5 Å². The van der Waals surface area contributed by atoms with Crippen LogP contribution in [0.15, 0.2) is 30.3 Å². The lowest BCUT2D eigenvalue weighted by Crippen LogP contribution is -2.55. The molecule has 1 fully saturated rings. The summed E-state index contributed by atoms with van der Waals surface area (Å²) in [5.41, 5.74) is 1.17. The number of carboxylic acids is 1. The van der Waals surface area contributed by atoms with Crippen LogP contribution in [0.25, 0.3) is 0 Å². The van der Waals surface area contributed by atoms with Crippen LogP contribution in [0.2, 0.25) is 0 Å². The highest BCUT2D eigenvalue weighted by Gasteiger charge is 2.28. The zero-order chi connectivity index (χ0) is 17.5. The third-order valence-electron chi connectivity index (χ3n) is 4.41. The van der Waals surface area contributed by atoms with E-state index < -0.39 is 18.1 Å². The first-order valence-corrected chi connectivity index (χ1v) is 8.60. The number of hydrogen-bond donors (Lipinski definition) is 2. The van der Waals surface area contributed by atoms with Gasteiger partial charge >= 0.3 is 5.97 Å². The van der Waals surface area contributed by atoms with Crippen molar-refractivity contribution in [2.45, 2.75) is 38.8 Å². The molecule has 2 rings (SSSR count). The Bertz CT molecular complexity index is 542. The highest BCUT2D eigenvalue weighted by molar-refractivity contribution is 5.83. The Kier molecular flexibility index (Phi) is 6.61. The second kappa shape index (κ2) is 8.68. The predicted octanol–water partition coefficient (Wildman–Crippen LogP) is 1.57. The molecule has 1 aromatic rings. The first-order chi connectivity index (χ1) is 11.5. The topological polar surface area (TPSA) is 72.9 Å². The predicted molar refractivity (Wildman–Crippen MR) is 94.2 cm³/mol. The summed E-state index contributed by atoms with van der Waals surface area (Å²) < 4.78 is 0. The normalized spacial score (nSPS) is 17.4. The largest absolute Gasteiger partial charge is 0.480 e. The zero-order valence-corrected chi connectivity index (χ0v) is 14.4. The van der Waals surface area contributed by atoms with Crippen LogP contribution < -0.4 is 10.2 Å². The average Bonchev–Trinajstić information content (AvgIpc) is 2.61. The summed E-state index contributed by atoms with van der Waals surface area (Å²) >= 11 is 0. The van der Waals surface area contributed by atoms with Gasteiger partial charge in [-0.3, -0.25) is 14.9 Å². The number of para-hydroxylation sites is 1. The zero-order valence-electron chi connectivity index (χ0n) is 14.4. The van der Waals surface area contributed by atoms with E-state index in [-0.39, 0.29) is 5.91 Å². The van der Waals surface area contributed by atoms with E-state index in [0.717, 1.165) is 19.5 Å². The van der Waals surface area contributed by atoms with Crippen LogP contribution in [0.5, 0.6) is 0 Å². The molecule has 0 spiro atoms. The maximum Gasteiger partial charge on any atom is 0.320 e. The third-order valence-corrected chi connectivity index (χ3v) is 4.41. The molecular formula is C18H27N3O3. The standard InChI is InChI=1S/C18H27N3O3/c1-3-7-16(18(23)24)19-14(2)17(22)21-12-10-20(11-13-21)15-8-5-4-6-9-15/h4-6,8-9,14,16,19H,3,7,10-13H2,1-2H3,(H,23,24). The average molecular weight is 333 g/mol. The van der Waals surface area contributed by atoms with Gasteiger partial charge < -0.3 is 14.9 Å². The number of carbonyl (C=O) groups is 2. The third kappa shape index (κ3) is 4.71. The maximum atomic E-state index is 12.6. The Morgan fingerprint density at radius 2 is 1.79 bits per heavy atom. The van der Waals surface area contributed by atoms with Gasteiger partial charge in [-0.15, -0.1) is 0 Å². The molecule has 1 aliphatic heterocycles. The van der Waals surface area contributed by atoms with Gasteiger partial charge in [-0.2, -0.15) is 0 Å². The van der Waals surface area contributed by atoms with E-state index in [9.17, 15) is 14.7 Å². The number of anilines is 1. The fourth-order valence-corrected chi connectivity index (χ4v) is 3.04. The molecule has 0 aromatic heterocycles. The van der Waals surface area contributed by atoms with Crippen LogP contribution in [0, 0.1) is 0 Å². The molecule has 1 heterocycles. The molecule has 1 aliphatic rings. The lowest BCUT2D eigenvalue weighted by Gasteiger charge is -2.37. The molecule has 0 aliphatic carbocycles. The summed E-state index contributed by atoms with van der Waals surface area (Å²) in [6.07, 6.45) is 1.29. The van der Waals surface area contributed by atoms with E-state index in [2.05, 4.69) is 22.3 Å². The molecule has 2 atom stereocenters. The fraction of sp³-hybridized carbons (Fsp3) is 0.556. The monoisotopic (exact) mass is 333 g/mol. The highest BCUT2D eigenvalue weighted by atomic mass is 16.4. The van der Waals surface area contributed by atoms with E-state index >= 15 is 0 Å². The number of nitrogens with one attached hydrogen (secondary N) is 1. The van der Waals surface area contributed by atoms with Crippen molar-refractivity contribution in [3.63, 3.8) is 0 Å². The summed E-state index contributed by atoms with van der Waals surface area (Å²) in [6, 6.07) is 9.01. The van der Waals surface area contributed by atoms with Crippen molar-refractivity contribution in [3.8, 4) is 0 Å². The van der Waals surface area contributed by atoms with Gasteiger partial charge in [-0.1, -0.05) is 31.5 Å². The number of piperazine rings is 1. The Labute approximate surface area is 143 Å². The highest BCUT2D eigenvalue weighted by Crippen LogP contribution is 2.16. The van der Waals surface area contributed by atoms with Gasteiger partial charge in [0.15, 0.2) is 0 Å². The molecule has 24 heavy (non-hydrogen) atoms. The summed E-state index contributed by atoms with van der Waals surface area (Å²) in [5, 5.41) is 12.2. The summed E-state index contributed by atoms with van der Waals surface area (Å²) in [6.45, 7) is 6.58.